The number of hydrogen-bond donors (Lipinski definition) is 1. The van der Waals surface area contributed by atoms with E-state index in [0.29, 0.717) is 23.5 Å². The molecule has 8 heteroatoms. The van der Waals surface area contributed by atoms with Crippen LogP contribution in [0.3, 0.4) is 0 Å². The summed E-state index contributed by atoms with van der Waals surface area (Å²) in [6, 6.07) is 14.5. The van der Waals surface area contributed by atoms with E-state index < -0.39 is 5.91 Å². The van der Waals surface area contributed by atoms with Gasteiger partial charge in [0.15, 0.2) is 0 Å². The van der Waals surface area contributed by atoms with Crippen molar-refractivity contribution < 1.29 is 9.59 Å². The molecule has 0 spiro atoms. The van der Waals surface area contributed by atoms with E-state index in [1.807, 2.05) is 31.2 Å². The summed E-state index contributed by atoms with van der Waals surface area (Å²) >= 11 is 0. The van der Waals surface area contributed by atoms with E-state index in [9.17, 15) is 9.59 Å². The van der Waals surface area contributed by atoms with E-state index in [1.54, 1.807) is 36.2 Å². The van der Waals surface area contributed by atoms with Crippen molar-refractivity contribution in [3.8, 4) is 11.4 Å². The van der Waals surface area contributed by atoms with Crippen LogP contribution in [0.5, 0.6) is 0 Å². The van der Waals surface area contributed by atoms with Crippen molar-refractivity contribution in [3.05, 3.63) is 65.2 Å². The number of likely N-dealkylation sites (N-methyl/N-ethyl adjacent to an activating group) is 1. The minimum Gasteiger partial charge on any atom is -0.366 e. The number of aromatic nitrogens is 4. The first kappa shape index (κ1) is 18.2. The Morgan fingerprint density at radius 2 is 1.81 bits per heavy atom. The van der Waals surface area contributed by atoms with Crippen LogP contribution in [0.25, 0.3) is 11.4 Å². The fourth-order valence-corrected chi connectivity index (χ4v) is 2.58. The Hall–Kier alpha value is -3.55. The average molecular weight is 364 g/mol. The van der Waals surface area contributed by atoms with Gasteiger partial charge in [0.2, 0.25) is 17.6 Å². The van der Waals surface area contributed by atoms with Gasteiger partial charge >= 0.3 is 0 Å². The molecular weight excluding hydrogens is 344 g/mol. The Morgan fingerprint density at radius 3 is 2.48 bits per heavy atom. The number of hydrogen-bond acceptors (Lipinski definition) is 5. The van der Waals surface area contributed by atoms with Gasteiger partial charge < -0.3 is 10.6 Å². The van der Waals surface area contributed by atoms with Gasteiger partial charge in [-0.25, -0.2) is 0 Å². The molecule has 3 rings (SSSR count). The largest absolute Gasteiger partial charge is 0.366 e. The normalized spacial score (nSPS) is 10.6. The van der Waals surface area contributed by atoms with Gasteiger partial charge in [-0.3, -0.25) is 9.59 Å². The number of tetrazole rings is 1. The topological polar surface area (TPSA) is 107 Å². The average Bonchev–Trinajstić information content (AvgIpc) is 3.12. The Morgan fingerprint density at radius 1 is 1.11 bits per heavy atom. The lowest BCUT2D eigenvalue weighted by molar-refractivity contribution is -0.131. The van der Waals surface area contributed by atoms with Crippen molar-refractivity contribution in [1.29, 1.82) is 0 Å². The summed E-state index contributed by atoms with van der Waals surface area (Å²) in [4.78, 5) is 26.5. The molecule has 0 radical (unpaired) electrons. The number of nitrogens with zero attached hydrogens (tertiary/aromatic N) is 5. The van der Waals surface area contributed by atoms with Gasteiger partial charge in [0.25, 0.3) is 0 Å². The summed E-state index contributed by atoms with van der Waals surface area (Å²) in [5.74, 6) is -0.243. The standard InChI is InChI=1S/C19H20N6O2/c1-13-5-3-4-6-16(13)11-24(2)17(26)12-25-22-19(21-23-25)15-9-7-14(8-10-15)18(20)27/h3-10H,11-12H2,1-2H3,(H2,20,27). The van der Waals surface area contributed by atoms with Crippen LogP contribution in [0.1, 0.15) is 21.5 Å². The highest BCUT2D eigenvalue weighted by Crippen LogP contribution is 2.14. The number of primary amides is 1. The second kappa shape index (κ2) is 7.77. The fraction of sp³-hybridized carbons (Fsp3) is 0.211. The highest BCUT2D eigenvalue weighted by Gasteiger charge is 2.14. The molecule has 0 saturated carbocycles. The van der Waals surface area contributed by atoms with Gasteiger partial charge in [-0.1, -0.05) is 36.4 Å². The SMILES string of the molecule is Cc1ccccc1CN(C)C(=O)Cn1nnc(-c2ccc(C(N)=O)cc2)n1. The van der Waals surface area contributed by atoms with Crippen molar-refractivity contribution in [3.63, 3.8) is 0 Å². The number of carbonyl (C=O) groups is 2. The van der Waals surface area contributed by atoms with Crippen LogP contribution in [0, 0.1) is 6.92 Å². The van der Waals surface area contributed by atoms with Gasteiger partial charge in [-0.15, -0.1) is 10.2 Å². The first-order valence-electron chi connectivity index (χ1n) is 8.40. The minimum absolute atomic E-state index is 0.00521. The molecule has 0 saturated heterocycles. The lowest BCUT2D eigenvalue weighted by atomic mass is 10.1. The molecule has 0 fully saturated rings. The molecular formula is C19H20N6O2. The predicted molar refractivity (Wildman–Crippen MR) is 99.4 cm³/mol. The molecule has 1 heterocycles. The van der Waals surface area contributed by atoms with E-state index in [1.165, 1.54) is 4.80 Å². The first-order chi connectivity index (χ1) is 12.9. The highest BCUT2D eigenvalue weighted by atomic mass is 16.2. The first-order valence-corrected chi connectivity index (χ1v) is 8.40. The lowest BCUT2D eigenvalue weighted by Crippen LogP contribution is -2.30. The van der Waals surface area contributed by atoms with Crippen molar-refractivity contribution in [2.75, 3.05) is 7.05 Å². The van der Waals surface area contributed by atoms with E-state index >= 15 is 0 Å². The van der Waals surface area contributed by atoms with Crippen LogP contribution >= 0.6 is 0 Å². The van der Waals surface area contributed by atoms with Crippen LogP contribution < -0.4 is 5.73 Å². The monoisotopic (exact) mass is 364 g/mol. The van der Waals surface area contributed by atoms with Crippen molar-refractivity contribution in [2.45, 2.75) is 20.0 Å². The number of aryl methyl sites for hydroxylation is 1. The van der Waals surface area contributed by atoms with Crippen LogP contribution in [-0.4, -0.2) is 44.0 Å². The quantitative estimate of drug-likeness (QED) is 0.711. The molecule has 0 bridgehead atoms. The van der Waals surface area contributed by atoms with Gasteiger partial charge in [0.1, 0.15) is 6.54 Å². The van der Waals surface area contributed by atoms with Crippen LogP contribution in [-0.2, 0) is 17.9 Å². The van der Waals surface area contributed by atoms with E-state index in [2.05, 4.69) is 15.4 Å². The zero-order valence-electron chi connectivity index (χ0n) is 15.2. The molecule has 0 atom stereocenters. The third kappa shape index (κ3) is 4.35. The summed E-state index contributed by atoms with van der Waals surface area (Å²) < 4.78 is 0. The predicted octanol–water partition coefficient (Wildman–Crippen LogP) is 1.41. The molecule has 8 nitrogen and oxygen atoms in total. The zero-order valence-corrected chi connectivity index (χ0v) is 15.2. The van der Waals surface area contributed by atoms with Gasteiger partial charge in [-0.05, 0) is 35.4 Å². The van der Waals surface area contributed by atoms with Crippen LogP contribution in [0.4, 0.5) is 0 Å². The van der Waals surface area contributed by atoms with Crippen molar-refractivity contribution in [2.24, 2.45) is 5.73 Å². The van der Waals surface area contributed by atoms with Gasteiger partial charge in [0.05, 0.1) is 0 Å². The van der Waals surface area contributed by atoms with Crippen molar-refractivity contribution in [1.82, 2.24) is 25.1 Å². The third-order valence-electron chi connectivity index (χ3n) is 4.25. The number of rotatable bonds is 6. The molecule has 0 aliphatic rings. The van der Waals surface area contributed by atoms with Crippen LogP contribution in [0.15, 0.2) is 48.5 Å². The van der Waals surface area contributed by atoms with Gasteiger partial charge in [-0.2, -0.15) is 4.80 Å². The molecule has 0 unspecified atom stereocenters. The number of carbonyl (C=O) groups excluding carboxylic acids is 2. The zero-order chi connectivity index (χ0) is 19.4. The van der Waals surface area contributed by atoms with E-state index in [4.69, 9.17) is 5.73 Å². The molecule has 138 valence electrons. The second-order valence-corrected chi connectivity index (χ2v) is 6.26. The van der Waals surface area contributed by atoms with Crippen LogP contribution in [0.2, 0.25) is 0 Å². The molecule has 3 aromatic rings. The number of nitrogens with two attached hydrogens (primary N) is 1. The lowest BCUT2D eigenvalue weighted by Gasteiger charge is -2.18. The molecule has 2 amide bonds. The summed E-state index contributed by atoms with van der Waals surface area (Å²) in [5.41, 5.74) is 8.54. The summed E-state index contributed by atoms with van der Waals surface area (Å²) in [6.45, 7) is 2.53. The Bertz CT molecular complexity index is 964. The summed E-state index contributed by atoms with van der Waals surface area (Å²) in [5, 5.41) is 12.1. The molecule has 0 aliphatic heterocycles. The summed E-state index contributed by atoms with van der Waals surface area (Å²) in [7, 11) is 1.75. The molecule has 2 N–H and O–H groups in total. The Kier molecular flexibility index (Phi) is 5.25. The Balaban J connectivity index is 1.65. The number of amides is 2. The minimum atomic E-state index is -0.500. The van der Waals surface area contributed by atoms with E-state index in [0.717, 1.165) is 11.1 Å². The Labute approximate surface area is 156 Å². The summed E-state index contributed by atoms with van der Waals surface area (Å²) in [6.07, 6.45) is 0. The van der Waals surface area contributed by atoms with Crippen molar-refractivity contribution >= 4 is 11.8 Å². The molecule has 1 aromatic heterocycles. The molecule has 2 aromatic carbocycles. The molecule has 27 heavy (non-hydrogen) atoms. The fourth-order valence-electron chi connectivity index (χ4n) is 2.58. The maximum Gasteiger partial charge on any atom is 0.248 e. The third-order valence-corrected chi connectivity index (χ3v) is 4.25. The highest BCUT2D eigenvalue weighted by molar-refractivity contribution is 5.93. The number of benzene rings is 2. The van der Waals surface area contributed by atoms with E-state index in [-0.39, 0.29) is 12.5 Å². The molecule has 0 aliphatic carbocycles. The maximum absolute atomic E-state index is 12.4. The maximum atomic E-state index is 12.4. The van der Waals surface area contributed by atoms with Gasteiger partial charge in [0, 0.05) is 24.7 Å². The second-order valence-electron chi connectivity index (χ2n) is 6.26. The smallest absolute Gasteiger partial charge is 0.248 e.